The molecule has 2 aromatic rings. The molecule has 2 aliphatic heterocycles. The lowest BCUT2D eigenvalue weighted by atomic mass is 9.91. The first-order valence-electron chi connectivity index (χ1n) is 9.00. The van der Waals surface area contributed by atoms with Crippen molar-refractivity contribution in [1.82, 2.24) is 10.9 Å². The Kier molecular flexibility index (Phi) is 4.78. The van der Waals surface area contributed by atoms with Gasteiger partial charge in [-0.3, -0.25) is 20.4 Å². The zero-order chi connectivity index (χ0) is 21.5. The number of benzene rings is 2. The highest BCUT2D eigenvalue weighted by Gasteiger charge is 2.34. The van der Waals surface area contributed by atoms with Crippen LogP contribution in [-0.2, 0) is 19.6 Å². The maximum atomic E-state index is 13.3. The van der Waals surface area contributed by atoms with Gasteiger partial charge in [0.05, 0.1) is 17.3 Å². The van der Waals surface area contributed by atoms with Crippen LogP contribution in [0.5, 0.6) is 0 Å². The van der Waals surface area contributed by atoms with Crippen LogP contribution in [0, 0.1) is 13.8 Å². The third-order valence-electron chi connectivity index (χ3n) is 4.85. The van der Waals surface area contributed by atoms with Crippen molar-refractivity contribution in [3.63, 3.8) is 0 Å². The van der Waals surface area contributed by atoms with Crippen LogP contribution in [0.3, 0.4) is 0 Å². The molecule has 0 aliphatic carbocycles. The zero-order valence-electron chi connectivity index (χ0n) is 16.1. The number of carbonyl (C=O) groups excluding carboxylic acids is 2. The molecule has 2 heterocycles. The van der Waals surface area contributed by atoms with Gasteiger partial charge in [-0.2, -0.15) is 18.6 Å². The fraction of sp³-hybridized carbons (Fsp3) is 0.150. The van der Waals surface area contributed by atoms with Crippen molar-refractivity contribution in [2.75, 3.05) is 0 Å². The maximum Gasteiger partial charge on any atom is 0.285 e. The summed E-state index contributed by atoms with van der Waals surface area (Å²) in [5.41, 5.74) is 7.92. The predicted molar refractivity (Wildman–Crippen MR) is 112 cm³/mol. The minimum Gasteiger partial charge on any atom is -0.294 e. The first-order valence-corrected chi connectivity index (χ1v) is 10.4. The number of Topliss-reactive ketones (excluding diaryl/α,β-unsaturated/α-hetero) is 2. The van der Waals surface area contributed by atoms with Gasteiger partial charge >= 0.3 is 0 Å². The number of carbonyl (C=O) groups is 2. The second-order valence-electron chi connectivity index (χ2n) is 6.85. The van der Waals surface area contributed by atoms with Crippen LogP contribution in [0.1, 0.15) is 22.7 Å². The Labute approximate surface area is 172 Å². The monoisotopic (exact) mass is 423 g/mol. The van der Waals surface area contributed by atoms with Gasteiger partial charge < -0.3 is 0 Å². The maximum absolute atomic E-state index is 13.3. The number of hydrazone groups is 2. The quantitative estimate of drug-likeness (QED) is 0.765. The highest BCUT2D eigenvalue weighted by Crippen LogP contribution is 2.38. The van der Waals surface area contributed by atoms with E-state index in [4.69, 9.17) is 0 Å². The minimum absolute atomic E-state index is 0.141. The molecule has 2 aromatic carbocycles. The molecule has 2 N–H and O–H groups in total. The molecule has 0 saturated carbocycles. The van der Waals surface area contributed by atoms with Gasteiger partial charge in [0.25, 0.3) is 10.0 Å². The molecule has 1 unspecified atom stereocenters. The molecule has 0 aromatic heterocycles. The molecule has 9 nitrogen and oxygen atoms in total. The van der Waals surface area contributed by atoms with Gasteiger partial charge in [-0.15, -0.1) is 4.40 Å². The van der Waals surface area contributed by atoms with E-state index in [0.717, 1.165) is 23.6 Å². The van der Waals surface area contributed by atoms with Crippen LogP contribution in [0.2, 0.25) is 0 Å². The standard InChI is InChI=1S/C20H17N5O4S/c1-11-8-14(18-15(26)9-21-23-18)19(12(2)17(11)13-6-4-3-5-7-13)30(28,29)25-20-16(27)10-22-24-20/h3-10,18,23H,1-2H3,(H,24,25,27). The number of ketones is 2. The number of nitrogens with one attached hydrogen (secondary N) is 2. The van der Waals surface area contributed by atoms with Crippen LogP contribution in [0.15, 0.2) is 55.9 Å². The van der Waals surface area contributed by atoms with E-state index >= 15 is 0 Å². The van der Waals surface area contributed by atoms with E-state index in [0.29, 0.717) is 11.1 Å². The number of sulfonamides is 1. The van der Waals surface area contributed by atoms with E-state index in [9.17, 15) is 18.0 Å². The third-order valence-corrected chi connectivity index (χ3v) is 6.33. The number of rotatable bonds is 4. The Balaban J connectivity index is 1.99. The Morgan fingerprint density at radius 1 is 1.03 bits per heavy atom. The minimum atomic E-state index is -4.37. The van der Waals surface area contributed by atoms with Crippen molar-refractivity contribution in [3.05, 3.63) is 53.1 Å². The SMILES string of the molecule is Cc1cc(C2NN=CC2=O)c(S(=O)(=O)/N=C2\NN=CC2=O)c(C)c1-c1ccccc1. The number of aryl methyl sites for hydroxylation is 1. The molecule has 1 atom stereocenters. The first kappa shape index (κ1) is 19.6. The summed E-state index contributed by atoms with van der Waals surface area (Å²) in [5.74, 6) is -1.42. The molecule has 0 spiro atoms. The molecule has 10 heteroatoms. The van der Waals surface area contributed by atoms with Gasteiger partial charge in [-0.05, 0) is 36.1 Å². The number of hydrogen-bond donors (Lipinski definition) is 2. The molecule has 152 valence electrons. The fourth-order valence-electron chi connectivity index (χ4n) is 3.64. The van der Waals surface area contributed by atoms with Crippen molar-refractivity contribution in [3.8, 4) is 11.1 Å². The molecule has 0 radical (unpaired) electrons. The van der Waals surface area contributed by atoms with Crippen LogP contribution >= 0.6 is 0 Å². The lowest BCUT2D eigenvalue weighted by molar-refractivity contribution is -0.113. The largest absolute Gasteiger partial charge is 0.294 e. The molecule has 30 heavy (non-hydrogen) atoms. The molecular weight excluding hydrogens is 406 g/mol. The van der Waals surface area contributed by atoms with Crippen LogP contribution in [0.4, 0.5) is 0 Å². The molecule has 4 rings (SSSR count). The summed E-state index contributed by atoms with van der Waals surface area (Å²) in [6, 6.07) is 10.00. The van der Waals surface area contributed by atoms with E-state index in [1.807, 2.05) is 37.3 Å². The summed E-state index contributed by atoms with van der Waals surface area (Å²) < 4.78 is 30.3. The topological polar surface area (TPSA) is 129 Å². The summed E-state index contributed by atoms with van der Waals surface area (Å²) in [4.78, 5) is 24.0. The van der Waals surface area contributed by atoms with Crippen molar-refractivity contribution >= 4 is 39.9 Å². The molecule has 0 saturated heterocycles. The van der Waals surface area contributed by atoms with Crippen molar-refractivity contribution in [2.45, 2.75) is 24.8 Å². The highest BCUT2D eigenvalue weighted by molar-refractivity contribution is 7.90. The lowest BCUT2D eigenvalue weighted by Crippen LogP contribution is -2.25. The zero-order valence-corrected chi connectivity index (χ0v) is 16.9. The normalized spacial score (nSPS) is 19.4. The molecule has 0 fully saturated rings. The number of amidine groups is 1. The molecule has 0 bridgehead atoms. The Hall–Kier alpha value is -3.66. The summed E-state index contributed by atoms with van der Waals surface area (Å²) in [7, 11) is -4.37. The van der Waals surface area contributed by atoms with Gasteiger partial charge in [-0.1, -0.05) is 36.4 Å². The van der Waals surface area contributed by atoms with Gasteiger partial charge in [0.15, 0.2) is 0 Å². The highest BCUT2D eigenvalue weighted by atomic mass is 32.2. The van der Waals surface area contributed by atoms with Crippen molar-refractivity contribution in [2.24, 2.45) is 14.6 Å². The second-order valence-corrected chi connectivity index (χ2v) is 8.39. The van der Waals surface area contributed by atoms with E-state index in [-0.39, 0.29) is 16.2 Å². The van der Waals surface area contributed by atoms with Gasteiger partial charge in [0.1, 0.15) is 6.04 Å². The van der Waals surface area contributed by atoms with E-state index < -0.39 is 27.7 Å². The summed E-state index contributed by atoms with van der Waals surface area (Å²) >= 11 is 0. The van der Waals surface area contributed by atoms with Crippen molar-refractivity contribution in [1.29, 1.82) is 0 Å². The molecule has 2 aliphatic rings. The van der Waals surface area contributed by atoms with Gasteiger partial charge in [-0.25, -0.2) is 0 Å². The Morgan fingerprint density at radius 3 is 2.37 bits per heavy atom. The number of nitrogens with zero attached hydrogens (tertiary/aromatic N) is 3. The Morgan fingerprint density at radius 2 is 1.77 bits per heavy atom. The van der Waals surface area contributed by atoms with Gasteiger partial charge in [0, 0.05) is 5.56 Å². The van der Waals surface area contributed by atoms with Crippen molar-refractivity contribution < 1.29 is 18.0 Å². The van der Waals surface area contributed by atoms with Crippen LogP contribution < -0.4 is 10.9 Å². The number of hydrogen-bond acceptors (Lipinski definition) is 7. The molecular formula is C20H17N5O4S. The Bertz CT molecular complexity index is 1260. The molecule has 0 amide bonds. The van der Waals surface area contributed by atoms with E-state index in [2.05, 4.69) is 25.5 Å². The average Bonchev–Trinajstić information content (AvgIpc) is 3.29. The summed E-state index contributed by atoms with van der Waals surface area (Å²) in [6.07, 6.45) is 2.06. The fourth-order valence-corrected chi connectivity index (χ4v) is 5.06. The third kappa shape index (κ3) is 3.30. The van der Waals surface area contributed by atoms with E-state index in [1.54, 1.807) is 13.0 Å². The first-order chi connectivity index (χ1) is 14.3. The summed E-state index contributed by atoms with van der Waals surface area (Å²) in [6.45, 7) is 3.50. The van der Waals surface area contributed by atoms with Gasteiger partial charge in [0.2, 0.25) is 17.4 Å². The van der Waals surface area contributed by atoms with E-state index in [1.165, 1.54) is 0 Å². The summed E-state index contributed by atoms with van der Waals surface area (Å²) in [5, 5.41) is 7.29. The van der Waals surface area contributed by atoms with Crippen LogP contribution in [-0.4, -0.2) is 38.2 Å². The smallest absolute Gasteiger partial charge is 0.285 e. The average molecular weight is 423 g/mol. The second kappa shape index (κ2) is 7.30. The predicted octanol–water partition coefficient (Wildman–Crippen LogP) is 1.41. The van der Waals surface area contributed by atoms with Crippen LogP contribution in [0.25, 0.3) is 11.1 Å². The lowest BCUT2D eigenvalue weighted by Gasteiger charge is -2.20.